The maximum Gasteiger partial charge on any atom is 0.272 e. The van der Waals surface area contributed by atoms with Gasteiger partial charge in [-0.05, 0) is 43.9 Å². The predicted molar refractivity (Wildman–Crippen MR) is 73.9 cm³/mol. The van der Waals surface area contributed by atoms with E-state index in [1.807, 2.05) is 12.1 Å². The number of aryl methyl sites for hydroxylation is 1. The highest BCUT2D eigenvalue weighted by Gasteiger charge is 2.27. The third-order valence-electron chi connectivity index (χ3n) is 4.18. The second-order valence-corrected chi connectivity index (χ2v) is 5.67. The highest BCUT2D eigenvalue weighted by atomic mass is 16.6. The quantitative estimate of drug-likeness (QED) is 0.669. The highest BCUT2D eigenvalue weighted by Crippen LogP contribution is 2.32. The summed E-state index contributed by atoms with van der Waals surface area (Å²) in [5.41, 5.74) is 0.971. The van der Waals surface area contributed by atoms with Crippen LogP contribution in [0.3, 0.4) is 0 Å². The molecule has 1 fully saturated rings. The molecule has 2 rings (SSSR count). The zero-order valence-corrected chi connectivity index (χ0v) is 11.3. The van der Waals surface area contributed by atoms with Gasteiger partial charge in [0.05, 0.1) is 11.0 Å². The molecule has 3 unspecified atom stereocenters. The van der Waals surface area contributed by atoms with Crippen LogP contribution in [0.25, 0.3) is 0 Å². The second kappa shape index (κ2) is 6.15. The fourth-order valence-electron chi connectivity index (χ4n) is 3.03. The van der Waals surface area contributed by atoms with Gasteiger partial charge >= 0.3 is 0 Å². The molecule has 104 valence electrons. The Kier molecular flexibility index (Phi) is 4.53. The third-order valence-corrected chi connectivity index (χ3v) is 4.18. The van der Waals surface area contributed by atoms with E-state index in [9.17, 15) is 15.2 Å². The monoisotopic (exact) mass is 263 g/mol. The number of rotatable bonds is 4. The van der Waals surface area contributed by atoms with Crippen molar-refractivity contribution in [3.63, 3.8) is 0 Å². The van der Waals surface area contributed by atoms with E-state index in [0.717, 1.165) is 31.2 Å². The predicted octanol–water partition coefficient (Wildman–Crippen LogP) is 3.32. The number of nitro groups is 1. The van der Waals surface area contributed by atoms with Gasteiger partial charge in [-0.1, -0.05) is 25.1 Å². The van der Waals surface area contributed by atoms with Crippen molar-refractivity contribution >= 4 is 5.69 Å². The molecule has 0 bridgehead atoms. The zero-order chi connectivity index (χ0) is 13.8. The number of nitrogens with zero attached hydrogens (tertiary/aromatic N) is 1. The van der Waals surface area contributed by atoms with Gasteiger partial charge in [0.1, 0.15) is 0 Å². The summed E-state index contributed by atoms with van der Waals surface area (Å²) in [7, 11) is 0. The Balaban J connectivity index is 2.00. The molecule has 0 spiro atoms. The Hall–Kier alpha value is -1.42. The van der Waals surface area contributed by atoms with Crippen molar-refractivity contribution in [3.05, 3.63) is 39.9 Å². The van der Waals surface area contributed by atoms with Crippen LogP contribution in [-0.2, 0) is 6.42 Å². The molecule has 1 aromatic carbocycles. The van der Waals surface area contributed by atoms with Crippen LogP contribution in [0.5, 0.6) is 0 Å². The van der Waals surface area contributed by atoms with Gasteiger partial charge in [-0.2, -0.15) is 0 Å². The van der Waals surface area contributed by atoms with Crippen molar-refractivity contribution in [1.82, 2.24) is 0 Å². The lowest BCUT2D eigenvalue weighted by Gasteiger charge is -2.31. The molecule has 1 saturated carbocycles. The Labute approximate surface area is 113 Å². The molecule has 0 saturated heterocycles. The number of hydrogen-bond acceptors (Lipinski definition) is 3. The summed E-state index contributed by atoms with van der Waals surface area (Å²) in [4.78, 5) is 10.6. The summed E-state index contributed by atoms with van der Waals surface area (Å²) in [6, 6.07) is 6.90. The van der Waals surface area contributed by atoms with E-state index < -0.39 is 0 Å². The molecule has 4 heteroatoms. The normalized spacial score (nSPS) is 27.2. The number of hydrogen-bond donors (Lipinski definition) is 1. The average molecular weight is 263 g/mol. The van der Waals surface area contributed by atoms with Crippen LogP contribution in [-0.4, -0.2) is 16.1 Å². The molecular weight excluding hydrogens is 242 g/mol. The van der Waals surface area contributed by atoms with Crippen LogP contribution in [0.4, 0.5) is 5.69 Å². The summed E-state index contributed by atoms with van der Waals surface area (Å²) in [5, 5.41) is 21.0. The fourth-order valence-corrected chi connectivity index (χ4v) is 3.03. The molecule has 19 heavy (non-hydrogen) atoms. The summed E-state index contributed by atoms with van der Waals surface area (Å²) in [6.45, 7) is 2.21. The van der Waals surface area contributed by atoms with Gasteiger partial charge in [0, 0.05) is 11.6 Å². The molecule has 1 aliphatic carbocycles. The SMILES string of the molecule is CC1CCC(O)C(CCc2ccccc2[N+](=O)[O-])C1. The summed E-state index contributed by atoms with van der Waals surface area (Å²) in [6.07, 6.45) is 4.24. The average Bonchev–Trinajstić information content (AvgIpc) is 2.40. The Morgan fingerprint density at radius 3 is 2.84 bits per heavy atom. The molecule has 0 radical (unpaired) electrons. The largest absolute Gasteiger partial charge is 0.393 e. The zero-order valence-electron chi connectivity index (χ0n) is 11.3. The van der Waals surface area contributed by atoms with Crippen molar-refractivity contribution in [2.75, 3.05) is 0 Å². The van der Waals surface area contributed by atoms with Gasteiger partial charge in [0.15, 0.2) is 0 Å². The minimum Gasteiger partial charge on any atom is -0.393 e. The van der Waals surface area contributed by atoms with Gasteiger partial charge in [0.25, 0.3) is 5.69 Å². The fraction of sp³-hybridized carbons (Fsp3) is 0.600. The van der Waals surface area contributed by atoms with Crippen LogP contribution in [0.1, 0.15) is 38.2 Å². The van der Waals surface area contributed by atoms with Crippen molar-refractivity contribution in [3.8, 4) is 0 Å². The first kappa shape index (κ1) is 14.0. The summed E-state index contributed by atoms with van der Waals surface area (Å²) >= 11 is 0. The number of para-hydroxylation sites is 1. The molecule has 0 aliphatic heterocycles. The number of nitro benzene ring substituents is 1. The van der Waals surface area contributed by atoms with E-state index in [1.165, 1.54) is 0 Å². The van der Waals surface area contributed by atoms with Gasteiger partial charge in [-0.15, -0.1) is 0 Å². The van der Waals surface area contributed by atoms with Crippen molar-refractivity contribution in [2.45, 2.75) is 45.1 Å². The van der Waals surface area contributed by atoms with Gasteiger partial charge in [-0.25, -0.2) is 0 Å². The number of aliphatic hydroxyl groups excluding tert-OH is 1. The molecule has 1 aromatic rings. The highest BCUT2D eigenvalue weighted by molar-refractivity contribution is 5.39. The molecular formula is C15H21NO3. The van der Waals surface area contributed by atoms with E-state index >= 15 is 0 Å². The molecule has 0 heterocycles. The topological polar surface area (TPSA) is 63.4 Å². The van der Waals surface area contributed by atoms with Gasteiger partial charge < -0.3 is 5.11 Å². The van der Waals surface area contributed by atoms with Crippen molar-refractivity contribution in [2.24, 2.45) is 11.8 Å². The first-order valence-electron chi connectivity index (χ1n) is 6.98. The molecule has 0 amide bonds. The standard InChI is InChI=1S/C15H21NO3/c1-11-6-9-15(17)13(10-11)8-7-12-4-2-3-5-14(12)16(18)19/h2-5,11,13,15,17H,6-10H2,1H3. The van der Waals surface area contributed by atoms with Crippen LogP contribution < -0.4 is 0 Å². The Morgan fingerprint density at radius 2 is 2.11 bits per heavy atom. The van der Waals surface area contributed by atoms with E-state index in [-0.39, 0.29) is 22.6 Å². The maximum atomic E-state index is 10.9. The molecule has 0 aromatic heterocycles. The Morgan fingerprint density at radius 1 is 1.37 bits per heavy atom. The smallest absolute Gasteiger partial charge is 0.272 e. The first-order chi connectivity index (χ1) is 9.08. The molecule has 1 N–H and O–H groups in total. The lowest BCUT2D eigenvalue weighted by atomic mass is 9.78. The van der Waals surface area contributed by atoms with Crippen LogP contribution in [0.2, 0.25) is 0 Å². The first-order valence-corrected chi connectivity index (χ1v) is 6.98. The Bertz CT molecular complexity index is 447. The minimum absolute atomic E-state index is 0.195. The van der Waals surface area contributed by atoms with Gasteiger partial charge in [0.2, 0.25) is 0 Å². The summed E-state index contributed by atoms with van der Waals surface area (Å²) in [5.74, 6) is 0.933. The lowest BCUT2D eigenvalue weighted by Crippen LogP contribution is -2.28. The maximum absolute atomic E-state index is 10.9. The second-order valence-electron chi connectivity index (χ2n) is 5.67. The van der Waals surface area contributed by atoms with Crippen molar-refractivity contribution < 1.29 is 10.0 Å². The van der Waals surface area contributed by atoms with E-state index in [1.54, 1.807) is 12.1 Å². The molecule has 3 atom stereocenters. The third kappa shape index (κ3) is 3.53. The van der Waals surface area contributed by atoms with E-state index in [2.05, 4.69) is 6.92 Å². The van der Waals surface area contributed by atoms with Crippen LogP contribution in [0.15, 0.2) is 24.3 Å². The molecule has 1 aliphatic rings. The van der Waals surface area contributed by atoms with E-state index in [0.29, 0.717) is 12.3 Å². The van der Waals surface area contributed by atoms with Crippen LogP contribution >= 0.6 is 0 Å². The van der Waals surface area contributed by atoms with Crippen molar-refractivity contribution in [1.29, 1.82) is 0 Å². The molecule has 4 nitrogen and oxygen atoms in total. The minimum atomic E-state index is -0.324. The number of aliphatic hydroxyl groups is 1. The van der Waals surface area contributed by atoms with Crippen LogP contribution in [0, 0.1) is 22.0 Å². The van der Waals surface area contributed by atoms with Gasteiger partial charge in [-0.3, -0.25) is 10.1 Å². The van der Waals surface area contributed by atoms with E-state index in [4.69, 9.17) is 0 Å². The lowest BCUT2D eigenvalue weighted by molar-refractivity contribution is -0.385. The number of benzene rings is 1. The summed E-state index contributed by atoms with van der Waals surface area (Å²) < 4.78 is 0.